The Kier molecular flexibility index (Phi) is 9.78. The van der Waals surface area contributed by atoms with Crippen LogP contribution in [0.3, 0.4) is 0 Å². The maximum absolute atomic E-state index is 13.6. The summed E-state index contributed by atoms with van der Waals surface area (Å²) in [4.78, 5) is 35.9. The number of aromatic amines is 1. The van der Waals surface area contributed by atoms with Crippen LogP contribution in [0.4, 0.5) is 0 Å². The zero-order valence-corrected chi connectivity index (χ0v) is 22.7. The second kappa shape index (κ2) is 12.4. The summed E-state index contributed by atoms with van der Waals surface area (Å²) in [7, 11) is -4.57. The second-order valence-electron chi connectivity index (χ2n) is 8.22. The van der Waals surface area contributed by atoms with E-state index in [9.17, 15) is 24.1 Å². The highest BCUT2D eigenvalue weighted by molar-refractivity contribution is 7.49. The van der Waals surface area contributed by atoms with Crippen molar-refractivity contribution in [2.24, 2.45) is 0 Å². The smallest absolute Gasteiger partial charge is 0.461 e. The molecule has 0 bridgehead atoms. The fourth-order valence-electron chi connectivity index (χ4n) is 3.28. The maximum atomic E-state index is 13.6. The third-order valence-electron chi connectivity index (χ3n) is 4.97. The van der Waals surface area contributed by atoms with Crippen molar-refractivity contribution in [2.75, 3.05) is 6.61 Å². The van der Waals surface area contributed by atoms with Gasteiger partial charge in [0.25, 0.3) is 5.56 Å². The van der Waals surface area contributed by atoms with Gasteiger partial charge in [0.1, 0.15) is 24.2 Å². The summed E-state index contributed by atoms with van der Waals surface area (Å²) in [6.45, 7) is 3.87. The number of aliphatic hydroxyl groups is 1. The molecule has 2 aromatic rings. The van der Waals surface area contributed by atoms with Crippen LogP contribution >= 0.6 is 31.0 Å². The first-order chi connectivity index (χ1) is 17.9. The van der Waals surface area contributed by atoms with Gasteiger partial charge in [0, 0.05) is 5.38 Å². The fourth-order valence-corrected chi connectivity index (χ4v) is 5.15. The molecule has 1 saturated heterocycles. The predicted octanol–water partition coefficient (Wildman–Crippen LogP) is 1.93. The van der Waals surface area contributed by atoms with Crippen molar-refractivity contribution < 1.29 is 37.5 Å². The minimum Gasteiger partial charge on any atom is -0.461 e. The monoisotopic (exact) mass is 591 g/mol. The number of phosphoric acid groups is 1. The molecule has 1 fully saturated rings. The average Bonchev–Trinajstić information content (AvgIpc) is 3.08. The molecule has 2 N–H and O–H groups in total. The van der Waals surface area contributed by atoms with Crippen LogP contribution in [0, 0.1) is 11.3 Å². The summed E-state index contributed by atoms with van der Waals surface area (Å²) >= 11 is 12.0. The molecule has 0 radical (unpaired) electrons. The zero-order chi connectivity index (χ0) is 28.1. The highest BCUT2D eigenvalue weighted by atomic mass is 35.5. The van der Waals surface area contributed by atoms with Gasteiger partial charge >= 0.3 is 19.5 Å². The Morgan fingerprint density at radius 3 is 2.61 bits per heavy atom. The summed E-state index contributed by atoms with van der Waals surface area (Å²) in [5.41, 5.74) is -1.79. The van der Waals surface area contributed by atoms with Crippen molar-refractivity contribution in [1.29, 1.82) is 0 Å². The molecule has 1 aromatic heterocycles. The molecule has 38 heavy (non-hydrogen) atoms. The summed E-state index contributed by atoms with van der Waals surface area (Å²) in [5, 5.41) is 16.6. The van der Waals surface area contributed by atoms with Crippen LogP contribution in [0.5, 0.6) is 5.75 Å². The fraction of sp³-hybridized carbons (Fsp3) is 0.455. The number of phosphoric ester groups is 1. The van der Waals surface area contributed by atoms with Gasteiger partial charge in [-0.15, -0.1) is 0 Å². The first kappa shape index (κ1) is 29.9. The first-order valence-electron chi connectivity index (χ1n) is 11.1. The standard InChI is InChI=1S/C22H24Cl2N3O10P/c1-13(2)34-19(30)14(3)36-38(32,37-15-7-5-4-6-8-15)33-12-16-18(29)22(24,9-10-23)20(35-16)27-21(31)26-17(28)11-25-27/h4-8,11,13-14,16,18,20,29H,12H2,1-3H3,(H,26,28,31)/t14-,16+,18-,20+,22?,38-/m0/s1. The van der Waals surface area contributed by atoms with Crippen LogP contribution in [0.1, 0.15) is 27.0 Å². The minimum atomic E-state index is -4.57. The van der Waals surface area contributed by atoms with Gasteiger partial charge in [-0.05, 0) is 44.5 Å². The number of halogens is 2. The van der Waals surface area contributed by atoms with Gasteiger partial charge in [-0.3, -0.25) is 18.8 Å². The van der Waals surface area contributed by atoms with E-state index in [1.54, 1.807) is 32.0 Å². The van der Waals surface area contributed by atoms with Crippen molar-refractivity contribution in [2.45, 2.75) is 56.3 Å². The van der Waals surface area contributed by atoms with Gasteiger partial charge in [0.05, 0.1) is 12.7 Å². The number of nitrogens with one attached hydrogen (secondary N) is 1. The van der Waals surface area contributed by atoms with Crippen LogP contribution in [0.15, 0.2) is 46.1 Å². The van der Waals surface area contributed by atoms with Crippen LogP contribution in [0.2, 0.25) is 0 Å². The Hall–Kier alpha value is -2.69. The molecule has 0 amide bonds. The topological polar surface area (TPSA) is 168 Å². The van der Waals surface area contributed by atoms with E-state index >= 15 is 0 Å². The number of hydrogen-bond donors (Lipinski definition) is 2. The molecule has 0 saturated carbocycles. The highest BCUT2D eigenvalue weighted by Gasteiger charge is 2.57. The molecule has 13 nitrogen and oxygen atoms in total. The lowest BCUT2D eigenvalue weighted by Gasteiger charge is -2.25. The molecule has 1 aliphatic rings. The van der Waals surface area contributed by atoms with Gasteiger partial charge < -0.3 is 19.1 Å². The predicted molar refractivity (Wildman–Crippen MR) is 134 cm³/mol. The number of aromatic nitrogens is 3. The lowest BCUT2D eigenvalue weighted by atomic mass is 10.00. The van der Waals surface area contributed by atoms with Crippen LogP contribution in [-0.4, -0.2) is 61.7 Å². The first-order valence-corrected chi connectivity index (χ1v) is 13.3. The van der Waals surface area contributed by atoms with Crippen molar-refractivity contribution in [1.82, 2.24) is 14.8 Å². The summed E-state index contributed by atoms with van der Waals surface area (Å²) < 4.78 is 41.2. The molecule has 0 spiro atoms. The number of H-pyrrole nitrogens is 1. The van der Waals surface area contributed by atoms with Crippen LogP contribution in [0.25, 0.3) is 0 Å². The number of para-hydroxylation sites is 1. The second-order valence-corrected chi connectivity index (χ2v) is 10.6. The minimum absolute atomic E-state index is 0.0923. The zero-order valence-electron chi connectivity index (χ0n) is 20.3. The molecule has 2 heterocycles. The number of nitrogens with zero attached hydrogens (tertiary/aromatic N) is 2. The number of benzene rings is 1. The average molecular weight is 592 g/mol. The van der Waals surface area contributed by atoms with E-state index in [4.69, 9.17) is 46.2 Å². The molecule has 1 aliphatic heterocycles. The Morgan fingerprint density at radius 2 is 2.00 bits per heavy atom. The lowest BCUT2D eigenvalue weighted by Crippen LogP contribution is -2.45. The molecule has 1 aromatic carbocycles. The maximum Gasteiger partial charge on any atom is 0.530 e. The van der Waals surface area contributed by atoms with Gasteiger partial charge in [-0.25, -0.2) is 14.2 Å². The largest absolute Gasteiger partial charge is 0.530 e. The molecule has 206 valence electrons. The van der Waals surface area contributed by atoms with E-state index in [1.807, 2.05) is 10.4 Å². The normalized spacial score (nSPS) is 25.2. The Balaban J connectivity index is 1.86. The van der Waals surface area contributed by atoms with Crippen LogP contribution in [-0.2, 0) is 27.9 Å². The van der Waals surface area contributed by atoms with E-state index in [1.165, 1.54) is 19.1 Å². The molecule has 6 atom stereocenters. The Bertz CT molecular complexity index is 1360. The quantitative estimate of drug-likeness (QED) is 0.179. The van der Waals surface area contributed by atoms with Crippen molar-refractivity contribution in [3.63, 3.8) is 0 Å². The number of carbonyl (C=O) groups is 1. The van der Waals surface area contributed by atoms with Gasteiger partial charge in [0.15, 0.2) is 17.2 Å². The number of aliphatic hydroxyl groups excluding tert-OH is 1. The summed E-state index contributed by atoms with van der Waals surface area (Å²) in [6.07, 6.45) is -5.67. The van der Waals surface area contributed by atoms with Crippen molar-refractivity contribution >= 4 is 37.0 Å². The highest BCUT2D eigenvalue weighted by Crippen LogP contribution is 2.52. The number of carbonyl (C=O) groups excluding carboxylic acids is 1. The van der Waals surface area contributed by atoms with E-state index in [0.717, 1.165) is 6.20 Å². The summed E-state index contributed by atoms with van der Waals surface area (Å²) in [6, 6.07) is 7.84. The molecule has 1 unspecified atom stereocenters. The number of alkyl halides is 1. The molecular weight excluding hydrogens is 568 g/mol. The number of ether oxygens (including phenoxy) is 2. The van der Waals surface area contributed by atoms with Crippen molar-refractivity contribution in [3.05, 3.63) is 57.4 Å². The third-order valence-corrected chi connectivity index (χ3v) is 7.05. The number of rotatable bonds is 10. The SMILES string of the molecule is CC(C)OC(=O)[C@H](C)O[P@](=O)(OC[C@H]1O[C@@H](n2ncc(=O)[nH]c2=O)C(Cl)(C#CCl)[C@H]1O)Oc1ccccc1. The summed E-state index contributed by atoms with van der Waals surface area (Å²) in [5.74, 6) is 1.63. The Morgan fingerprint density at radius 1 is 1.32 bits per heavy atom. The van der Waals surface area contributed by atoms with Gasteiger partial charge in [-0.2, -0.15) is 9.78 Å². The Labute approximate surface area is 226 Å². The van der Waals surface area contributed by atoms with Gasteiger partial charge in [-0.1, -0.05) is 35.7 Å². The van der Waals surface area contributed by atoms with E-state index in [0.29, 0.717) is 4.68 Å². The van der Waals surface area contributed by atoms with Crippen molar-refractivity contribution in [3.8, 4) is 17.0 Å². The van der Waals surface area contributed by atoms with Gasteiger partial charge in [0.2, 0.25) is 0 Å². The molecule has 3 rings (SSSR count). The number of hydrogen-bond acceptors (Lipinski definition) is 11. The number of esters is 1. The van der Waals surface area contributed by atoms with E-state index in [2.05, 4.69) is 11.0 Å². The third kappa shape index (κ3) is 7.03. The molecule has 0 aliphatic carbocycles. The van der Waals surface area contributed by atoms with Crippen LogP contribution < -0.4 is 15.8 Å². The van der Waals surface area contributed by atoms with E-state index < -0.39 is 67.2 Å². The molecular formula is C22H24Cl2N3O10P. The lowest BCUT2D eigenvalue weighted by molar-refractivity contribution is -0.156. The molecule has 16 heteroatoms. The van der Waals surface area contributed by atoms with E-state index in [-0.39, 0.29) is 5.75 Å².